The van der Waals surface area contributed by atoms with Crippen LogP contribution in [0.2, 0.25) is 0 Å². The minimum Gasteiger partial charge on any atom is -0.339 e. The van der Waals surface area contributed by atoms with Crippen LogP contribution in [0.1, 0.15) is 37.7 Å². The van der Waals surface area contributed by atoms with Gasteiger partial charge in [-0.2, -0.15) is 0 Å². The van der Waals surface area contributed by atoms with Crippen molar-refractivity contribution in [1.29, 1.82) is 0 Å². The third-order valence-electron chi connectivity index (χ3n) is 5.64. The molecule has 4 nitrogen and oxygen atoms in total. The zero-order valence-electron chi connectivity index (χ0n) is 15.9. The first-order valence-corrected chi connectivity index (χ1v) is 9.75. The van der Waals surface area contributed by atoms with E-state index in [0.717, 1.165) is 37.8 Å². The Kier molecular flexibility index (Phi) is 4.99. The maximum absolute atomic E-state index is 13.4. The molecule has 0 bridgehead atoms. The molecule has 0 atom stereocenters. The van der Waals surface area contributed by atoms with Crippen molar-refractivity contribution in [2.24, 2.45) is 0 Å². The van der Waals surface area contributed by atoms with E-state index in [4.69, 9.17) is 0 Å². The Morgan fingerprint density at radius 1 is 0.893 bits per heavy atom. The van der Waals surface area contributed by atoms with Crippen molar-refractivity contribution in [3.8, 4) is 0 Å². The molecule has 4 rings (SSSR count). The fourth-order valence-electron chi connectivity index (χ4n) is 4.17. The van der Waals surface area contributed by atoms with E-state index in [1.54, 1.807) is 24.1 Å². The monoisotopic (exact) mass is 378 g/mol. The van der Waals surface area contributed by atoms with Crippen molar-refractivity contribution < 1.29 is 14.0 Å². The van der Waals surface area contributed by atoms with Gasteiger partial charge < -0.3 is 4.90 Å². The third-order valence-corrected chi connectivity index (χ3v) is 5.64. The number of hydrogen-bond acceptors (Lipinski definition) is 3. The summed E-state index contributed by atoms with van der Waals surface area (Å²) in [6.07, 6.45) is 4.88. The van der Waals surface area contributed by atoms with Gasteiger partial charge in [0.05, 0.1) is 5.57 Å². The molecule has 2 aliphatic rings. The molecule has 144 valence electrons. The number of amides is 2. The lowest BCUT2D eigenvalue weighted by molar-refractivity contribution is -0.140. The number of hydrogen-bond donors (Lipinski definition) is 0. The Morgan fingerprint density at radius 2 is 1.54 bits per heavy atom. The predicted octanol–water partition coefficient (Wildman–Crippen LogP) is 4.37. The summed E-state index contributed by atoms with van der Waals surface area (Å²) in [5, 5.41) is 0. The summed E-state index contributed by atoms with van der Waals surface area (Å²) < 4.78 is 13.4. The van der Waals surface area contributed by atoms with Gasteiger partial charge in [-0.15, -0.1) is 0 Å². The molecule has 1 aliphatic heterocycles. The predicted molar refractivity (Wildman–Crippen MR) is 107 cm³/mol. The first kappa shape index (κ1) is 18.4. The maximum Gasteiger partial charge on any atom is 0.278 e. The Balaban J connectivity index is 1.80. The molecule has 0 radical (unpaired) electrons. The summed E-state index contributed by atoms with van der Waals surface area (Å²) in [6, 6.07) is 15.2. The SMILES string of the molecule is CN(C1=C(c2ccc(F)cc2)C(=O)N(C2CCCCC2)C1=O)c1ccccc1. The van der Waals surface area contributed by atoms with Crippen LogP contribution in [0.4, 0.5) is 10.1 Å². The number of nitrogens with zero attached hydrogens (tertiary/aromatic N) is 2. The molecule has 1 saturated carbocycles. The third kappa shape index (κ3) is 3.21. The molecule has 28 heavy (non-hydrogen) atoms. The smallest absolute Gasteiger partial charge is 0.278 e. The number of halogens is 1. The Morgan fingerprint density at radius 3 is 2.18 bits per heavy atom. The number of benzene rings is 2. The average Bonchev–Trinajstić information content (AvgIpc) is 2.99. The van der Waals surface area contributed by atoms with Crippen LogP contribution in [0.3, 0.4) is 0 Å². The van der Waals surface area contributed by atoms with E-state index in [2.05, 4.69) is 0 Å². The molecule has 0 unspecified atom stereocenters. The molecule has 1 heterocycles. The van der Waals surface area contributed by atoms with Crippen LogP contribution in [0.25, 0.3) is 5.57 Å². The Labute approximate surface area is 164 Å². The highest BCUT2D eigenvalue weighted by atomic mass is 19.1. The van der Waals surface area contributed by atoms with Gasteiger partial charge in [0, 0.05) is 18.8 Å². The van der Waals surface area contributed by atoms with E-state index in [1.165, 1.54) is 17.0 Å². The molecular formula is C23H23FN2O2. The topological polar surface area (TPSA) is 40.6 Å². The van der Waals surface area contributed by atoms with Gasteiger partial charge in [0.25, 0.3) is 11.8 Å². The van der Waals surface area contributed by atoms with Crippen molar-refractivity contribution >= 4 is 23.1 Å². The molecule has 2 aromatic carbocycles. The highest BCUT2D eigenvalue weighted by molar-refractivity contribution is 6.36. The van der Waals surface area contributed by atoms with Crippen LogP contribution in [0, 0.1) is 5.82 Å². The van der Waals surface area contributed by atoms with Gasteiger partial charge in [-0.3, -0.25) is 14.5 Å². The normalized spacial score (nSPS) is 18.1. The van der Waals surface area contributed by atoms with Gasteiger partial charge in [0.1, 0.15) is 11.5 Å². The van der Waals surface area contributed by atoms with Gasteiger partial charge in [-0.05, 0) is 42.7 Å². The van der Waals surface area contributed by atoms with Gasteiger partial charge in [0.2, 0.25) is 0 Å². The van der Waals surface area contributed by atoms with E-state index < -0.39 is 0 Å². The Bertz CT molecular complexity index is 915. The fourth-order valence-corrected chi connectivity index (χ4v) is 4.17. The first-order chi connectivity index (χ1) is 13.6. The number of imide groups is 1. The fraction of sp³-hybridized carbons (Fsp3) is 0.304. The van der Waals surface area contributed by atoms with Crippen LogP contribution in [0.5, 0.6) is 0 Å². The second kappa shape index (κ2) is 7.58. The van der Waals surface area contributed by atoms with Gasteiger partial charge in [-0.25, -0.2) is 4.39 Å². The molecule has 0 saturated heterocycles. The lowest BCUT2D eigenvalue weighted by atomic mass is 9.94. The molecule has 2 aromatic rings. The summed E-state index contributed by atoms with van der Waals surface area (Å²) in [4.78, 5) is 30.0. The van der Waals surface area contributed by atoms with Crippen molar-refractivity contribution in [2.75, 3.05) is 11.9 Å². The second-order valence-corrected chi connectivity index (χ2v) is 7.40. The molecular weight excluding hydrogens is 355 g/mol. The minimum atomic E-state index is -0.372. The van der Waals surface area contributed by atoms with E-state index in [-0.39, 0.29) is 23.7 Å². The van der Waals surface area contributed by atoms with Crippen molar-refractivity contribution in [1.82, 2.24) is 4.90 Å². The Hall–Kier alpha value is -2.95. The van der Waals surface area contributed by atoms with Crippen LogP contribution in [-0.4, -0.2) is 29.8 Å². The molecule has 0 spiro atoms. The second-order valence-electron chi connectivity index (χ2n) is 7.40. The lowest BCUT2D eigenvalue weighted by Gasteiger charge is -2.30. The summed E-state index contributed by atoms with van der Waals surface area (Å²) >= 11 is 0. The summed E-state index contributed by atoms with van der Waals surface area (Å²) in [5.74, 6) is -0.910. The summed E-state index contributed by atoms with van der Waals surface area (Å²) in [5.41, 5.74) is 2.09. The van der Waals surface area contributed by atoms with Gasteiger partial charge in [-0.1, -0.05) is 49.6 Å². The van der Waals surface area contributed by atoms with Crippen LogP contribution < -0.4 is 4.90 Å². The van der Waals surface area contributed by atoms with Gasteiger partial charge in [0.15, 0.2) is 0 Å². The van der Waals surface area contributed by atoms with Crippen LogP contribution in [0.15, 0.2) is 60.3 Å². The summed E-state index contributed by atoms with van der Waals surface area (Å²) in [6.45, 7) is 0. The van der Waals surface area contributed by atoms with E-state index >= 15 is 0 Å². The van der Waals surface area contributed by atoms with E-state index in [0.29, 0.717) is 16.8 Å². The van der Waals surface area contributed by atoms with Crippen molar-refractivity contribution in [3.05, 3.63) is 71.7 Å². The molecule has 0 aromatic heterocycles. The van der Waals surface area contributed by atoms with E-state index in [9.17, 15) is 14.0 Å². The number of rotatable bonds is 4. The lowest BCUT2D eigenvalue weighted by Crippen LogP contribution is -2.43. The number of anilines is 1. The largest absolute Gasteiger partial charge is 0.339 e. The van der Waals surface area contributed by atoms with Crippen LogP contribution in [-0.2, 0) is 9.59 Å². The number of likely N-dealkylation sites (N-methyl/N-ethyl adjacent to an activating group) is 1. The molecule has 2 amide bonds. The zero-order chi connectivity index (χ0) is 19.7. The zero-order valence-corrected chi connectivity index (χ0v) is 15.9. The highest BCUT2D eigenvalue weighted by Gasteiger charge is 2.44. The van der Waals surface area contributed by atoms with Crippen molar-refractivity contribution in [2.45, 2.75) is 38.1 Å². The standard InChI is InChI=1S/C23H23FN2O2/c1-25(18-8-4-2-5-9-18)21-20(16-12-14-17(24)15-13-16)22(27)26(23(21)28)19-10-6-3-7-11-19/h2,4-5,8-9,12-15,19H,3,6-7,10-11H2,1H3. The molecule has 0 N–H and O–H groups in total. The number of carbonyl (C=O) groups is 2. The van der Waals surface area contributed by atoms with Gasteiger partial charge >= 0.3 is 0 Å². The quantitative estimate of drug-likeness (QED) is 0.742. The number of para-hydroxylation sites is 1. The summed E-state index contributed by atoms with van der Waals surface area (Å²) in [7, 11) is 1.80. The highest BCUT2D eigenvalue weighted by Crippen LogP contribution is 2.37. The molecule has 1 aliphatic carbocycles. The minimum absolute atomic E-state index is 0.0640. The van der Waals surface area contributed by atoms with Crippen molar-refractivity contribution in [3.63, 3.8) is 0 Å². The maximum atomic E-state index is 13.4. The van der Waals surface area contributed by atoms with E-state index in [1.807, 2.05) is 30.3 Å². The first-order valence-electron chi connectivity index (χ1n) is 9.75. The molecule has 1 fully saturated rings. The average molecular weight is 378 g/mol. The van der Waals surface area contributed by atoms with Crippen LogP contribution >= 0.6 is 0 Å². The molecule has 5 heteroatoms. The number of carbonyl (C=O) groups excluding carboxylic acids is 2.